The summed E-state index contributed by atoms with van der Waals surface area (Å²) in [6.45, 7) is 6.06. The number of likely N-dealkylation sites (N-methyl/N-ethyl adjacent to an activating group) is 1. The number of aromatic nitrogens is 1. The molecule has 13 nitrogen and oxygen atoms in total. The Morgan fingerprint density at radius 3 is 2.62 bits per heavy atom. The molecule has 1 saturated carbocycles. The zero-order valence-electron chi connectivity index (χ0n) is 23.1. The molecule has 40 heavy (non-hydrogen) atoms. The summed E-state index contributed by atoms with van der Waals surface area (Å²) in [6, 6.07) is -0.644. The number of ether oxygens (including phenoxy) is 3. The predicted molar refractivity (Wildman–Crippen MR) is 137 cm³/mol. The Morgan fingerprint density at radius 1 is 1.32 bits per heavy atom. The van der Waals surface area contributed by atoms with Gasteiger partial charge < -0.3 is 49.6 Å². The number of fused-ring (bicyclic) bond motifs is 2. The number of halogens is 1. The molecule has 2 aliphatic heterocycles. The van der Waals surface area contributed by atoms with Crippen LogP contribution in [0.25, 0.3) is 0 Å². The van der Waals surface area contributed by atoms with Crippen LogP contribution >= 0.6 is 7.60 Å². The van der Waals surface area contributed by atoms with Gasteiger partial charge in [-0.3, -0.25) is 14.3 Å². The largest absolute Gasteiger partial charge is 0.391 e. The van der Waals surface area contributed by atoms with E-state index in [1.54, 1.807) is 14.0 Å². The molecule has 1 amide bonds. The van der Waals surface area contributed by atoms with Crippen molar-refractivity contribution >= 4 is 13.5 Å². The van der Waals surface area contributed by atoms with Crippen molar-refractivity contribution < 1.29 is 52.7 Å². The van der Waals surface area contributed by atoms with Gasteiger partial charge in [0.25, 0.3) is 0 Å². The van der Waals surface area contributed by atoms with Gasteiger partial charge in [0, 0.05) is 24.3 Å². The lowest BCUT2D eigenvalue weighted by Gasteiger charge is -2.58. The van der Waals surface area contributed by atoms with E-state index in [1.807, 2.05) is 6.92 Å². The summed E-state index contributed by atoms with van der Waals surface area (Å²) in [5.41, 5.74) is 0.0396. The lowest BCUT2D eigenvalue weighted by Crippen LogP contribution is -2.77. The smallest absolute Gasteiger partial charge is 0.325 e. The number of carbonyl (C=O) groups excluding carboxylic acids is 1. The van der Waals surface area contributed by atoms with E-state index < -0.39 is 92.4 Å². The Bertz CT molecular complexity index is 1130. The zero-order chi connectivity index (χ0) is 29.6. The van der Waals surface area contributed by atoms with E-state index in [9.17, 15) is 34.0 Å². The van der Waals surface area contributed by atoms with Crippen LogP contribution in [0, 0.1) is 11.7 Å². The Morgan fingerprint density at radius 2 is 2.02 bits per heavy atom. The topological polar surface area (TPSA) is 189 Å². The molecule has 15 heteroatoms. The highest BCUT2D eigenvalue weighted by atomic mass is 31.2. The second-order valence-corrected chi connectivity index (χ2v) is 12.7. The molecule has 12 atom stereocenters. The SMILES string of the molecule is CC[C@@H]1[C@H](O)[C@H](NC)[C@H]2O[C@@]3(O)C(NC(=O)Cc4ncc(C(C)OP(C)(=O)O)cc4F)C[C@@H](C)O[C@H]3O[C@@H]2[C@H]1O. The van der Waals surface area contributed by atoms with Crippen LogP contribution in [0.3, 0.4) is 0 Å². The Balaban J connectivity index is 1.50. The fourth-order valence-electron chi connectivity index (χ4n) is 5.83. The van der Waals surface area contributed by atoms with Crippen LogP contribution in [0.2, 0.25) is 0 Å². The number of carbonyl (C=O) groups is 1. The fourth-order valence-corrected chi connectivity index (χ4v) is 6.53. The van der Waals surface area contributed by atoms with Crippen LogP contribution in [-0.2, 0) is 34.5 Å². The third-order valence-corrected chi connectivity index (χ3v) is 8.56. The molecule has 0 bridgehead atoms. The number of rotatable bonds is 8. The first-order chi connectivity index (χ1) is 18.7. The summed E-state index contributed by atoms with van der Waals surface area (Å²) in [6.07, 6.45) is -5.27. The Kier molecular flexibility index (Phi) is 9.38. The first-order valence-corrected chi connectivity index (χ1v) is 15.4. The first kappa shape index (κ1) is 31.4. The number of aliphatic hydroxyl groups is 3. The second kappa shape index (κ2) is 12.0. The van der Waals surface area contributed by atoms with Crippen molar-refractivity contribution in [1.82, 2.24) is 15.6 Å². The minimum Gasteiger partial charge on any atom is -0.391 e. The van der Waals surface area contributed by atoms with Gasteiger partial charge in [-0.1, -0.05) is 6.92 Å². The second-order valence-electron chi connectivity index (χ2n) is 10.9. The molecule has 0 spiro atoms. The Labute approximate surface area is 231 Å². The molecule has 1 aromatic heterocycles. The van der Waals surface area contributed by atoms with E-state index in [-0.39, 0.29) is 17.7 Å². The van der Waals surface area contributed by atoms with Gasteiger partial charge >= 0.3 is 7.60 Å². The lowest BCUT2D eigenvalue weighted by molar-refractivity contribution is -0.450. The van der Waals surface area contributed by atoms with Gasteiger partial charge in [-0.25, -0.2) is 4.39 Å². The highest BCUT2D eigenvalue weighted by Gasteiger charge is 2.63. The van der Waals surface area contributed by atoms with Gasteiger partial charge in [0.05, 0.1) is 48.6 Å². The molecule has 3 heterocycles. The van der Waals surface area contributed by atoms with E-state index in [0.717, 1.165) is 12.7 Å². The molecular weight excluding hydrogens is 552 g/mol. The van der Waals surface area contributed by atoms with Gasteiger partial charge in [-0.2, -0.15) is 0 Å². The summed E-state index contributed by atoms with van der Waals surface area (Å²) in [4.78, 5) is 26.4. The molecule has 1 aromatic rings. The fraction of sp³-hybridized carbons (Fsp3) is 0.760. The number of aliphatic hydroxyl groups excluding tert-OH is 2. The zero-order valence-corrected chi connectivity index (χ0v) is 24.0. The van der Waals surface area contributed by atoms with Gasteiger partial charge in [0.1, 0.15) is 18.0 Å². The van der Waals surface area contributed by atoms with Crippen molar-refractivity contribution in [2.75, 3.05) is 13.7 Å². The van der Waals surface area contributed by atoms with Crippen LogP contribution < -0.4 is 10.6 Å². The van der Waals surface area contributed by atoms with Gasteiger partial charge in [-0.05, 0) is 39.8 Å². The number of hydrogen-bond acceptors (Lipinski definition) is 11. The number of nitrogens with zero attached hydrogens (tertiary/aromatic N) is 1. The minimum absolute atomic E-state index is 0.133. The summed E-state index contributed by atoms with van der Waals surface area (Å²) in [7, 11) is -2.19. The van der Waals surface area contributed by atoms with Crippen LogP contribution in [0.4, 0.5) is 4.39 Å². The minimum atomic E-state index is -3.81. The third-order valence-electron chi connectivity index (χ3n) is 7.86. The van der Waals surface area contributed by atoms with Crippen molar-refractivity contribution in [2.45, 2.75) is 101 Å². The number of pyridine rings is 1. The average Bonchev–Trinajstić information content (AvgIpc) is 2.85. The van der Waals surface area contributed by atoms with Crippen molar-refractivity contribution in [1.29, 1.82) is 0 Å². The standard InChI is InChI=1S/C25H39FN3O10P/c1-6-14-20(31)19(27-4)22-23(21(14)32)37-24-25(33,38-22)17(7-11(2)36-24)29-18(30)9-16-15(26)8-13(10-28-16)12(3)39-40(5,34)35/h8,10-12,14,17,19-24,27,31-33H,6-7,9H2,1-5H3,(H,29,30)(H,34,35)/t11-,12?,14-,17?,19+,20+,21+,22-,23-,24+,25+/m1/s1. The summed E-state index contributed by atoms with van der Waals surface area (Å²) in [5, 5.41) is 39.1. The van der Waals surface area contributed by atoms with Gasteiger partial charge in [0.2, 0.25) is 18.0 Å². The number of hydrogen-bond donors (Lipinski definition) is 6. The van der Waals surface area contributed by atoms with Crippen molar-refractivity contribution in [3.8, 4) is 0 Å². The maximum Gasteiger partial charge on any atom is 0.325 e. The van der Waals surface area contributed by atoms with E-state index in [4.69, 9.17) is 18.7 Å². The quantitative estimate of drug-likeness (QED) is 0.224. The van der Waals surface area contributed by atoms with E-state index in [1.165, 1.54) is 13.1 Å². The molecule has 3 unspecified atom stereocenters. The maximum absolute atomic E-state index is 14.8. The summed E-state index contributed by atoms with van der Waals surface area (Å²) in [5.74, 6) is -4.13. The van der Waals surface area contributed by atoms with Crippen LogP contribution in [0.5, 0.6) is 0 Å². The van der Waals surface area contributed by atoms with Crippen LogP contribution in [-0.4, -0.2) is 99.5 Å². The molecule has 6 N–H and O–H groups in total. The molecule has 3 aliphatic rings. The number of nitrogens with one attached hydrogen (secondary N) is 2. The normalized spacial score (nSPS) is 39.9. The van der Waals surface area contributed by atoms with E-state index >= 15 is 0 Å². The van der Waals surface area contributed by atoms with Crippen molar-refractivity contribution in [2.24, 2.45) is 5.92 Å². The predicted octanol–water partition coefficient (Wildman–Crippen LogP) is 0.0979. The monoisotopic (exact) mass is 591 g/mol. The summed E-state index contributed by atoms with van der Waals surface area (Å²) < 4.78 is 49.2. The molecule has 4 rings (SSSR count). The Hall–Kier alpha value is -1.58. The maximum atomic E-state index is 14.8. The summed E-state index contributed by atoms with van der Waals surface area (Å²) >= 11 is 0. The first-order valence-electron chi connectivity index (χ1n) is 13.3. The van der Waals surface area contributed by atoms with Crippen molar-refractivity contribution in [3.05, 3.63) is 29.3 Å². The molecule has 1 aliphatic carbocycles. The van der Waals surface area contributed by atoms with Crippen molar-refractivity contribution in [3.63, 3.8) is 0 Å². The van der Waals surface area contributed by atoms with Gasteiger partial charge in [-0.15, -0.1) is 0 Å². The van der Waals surface area contributed by atoms with E-state index in [0.29, 0.717) is 6.42 Å². The molecule has 3 fully saturated rings. The average molecular weight is 592 g/mol. The highest BCUT2D eigenvalue weighted by Crippen LogP contribution is 2.44. The van der Waals surface area contributed by atoms with Crippen LogP contribution in [0.15, 0.2) is 12.3 Å². The molecule has 0 radical (unpaired) electrons. The lowest BCUT2D eigenvalue weighted by atomic mass is 9.74. The highest BCUT2D eigenvalue weighted by molar-refractivity contribution is 7.51. The van der Waals surface area contributed by atoms with E-state index in [2.05, 4.69) is 15.6 Å². The third kappa shape index (κ3) is 6.26. The van der Waals surface area contributed by atoms with Crippen LogP contribution in [0.1, 0.15) is 51.0 Å². The molecule has 0 aromatic carbocycles. The van der Waals surface area contributed by atoms with Gasteiger partial charge in [0.15, 0.2) is 0 Å². The molecular formula is C25H39FN3O10P. The molecule has 2 saturated heterocycles. The number of amides is 1. The molecule has 226 valence electrons.